The number of aromatic nitrogens is 2. The fourth-order valence-corrected chi connectivity index (χ4v) is 0.613. The number of hydrogen-bond donors (Lipinski definition) is 1. The van der Waals surface area contributed by atoms with Gasteiger partial charge < -0.3 is 4.74 Å². The van der Waals surface area contributed by atoms with E-state index in [9.17, 15) is 14.9 Å². The summed E-state index contributed by atoms with van der Waals surface area (Å²) in [5.74, 6) is -0.960. The van der Waals surface area contributed by atoms with Crippen LogP contribution in [0.2, 0.25) is 0 Å². The average Bonchev–Trinajstić information content (AvgIpc) is 2.33. The minimum atomic E-state index is -0.693. The monoisotopic (exact) mass is 171 g/mol. The SMILES string of the molecule is CC(=O)Oc1n[nH]cc1[N+](=O)[O-]. The van der Waals surface area contributed by atoms with Crippen molar-refractivity contribution in [3.63, 3.8) is 0 Å². The van der Waals surface area contributed by atoms with E-state index in [0.717, 1.165) is 13.1 Å². The maximum Gasteiger partial charge on any atom is 0.350 e. The Bertz CT molecular complexity index is 318. The van der Waals surface area contributed by atoms with Crippen LogP contribution in [0, 0.1) is 10.1 Å². The van der Waals surface area contributed by atoms with Gasteiger partial charge in [0.2, 0.25) is 0 Å². The highest BCUT2D eigenvalue weighted by molar-refractivity contribution is 5.69. The van der Waals surface area contributed by atoms with Crippen molar-refractivity contribution in [2.45, 2.75) is 6.92 Å². The minimum Gasteiger partial charge on any atom is -0.400 e. The van der Waals surface area contributed by atoms with Gasteiger partial charge in [-0.3, -0.25) is 20.0 Å². The average molecular weight is 171 g/mol. The second-order valence-electron chi connectivity index (χ2n) is 1.93. The summed E-state index contributed by atoms with van der Waals surface area (Å²) in [4.78, 5) is 19.9. The number of nitro groups is 1. The molecular weight excluding hydrogens is 166 g/mol. The van der Waals surface area contributed by atoms with Crippen LogP contribution in [0.3, 0.4) is 0 Å². The van der Waals surface area contributed by atoms with Crippen LogP contribution >= 0.6 is 0 Å². The Morgan fingerprint density at radius 2 is 2.50 bits per heavy atom. The molecule has 0 amide bonds. The Morgan fingerprint density at radius 3 is 3.00 bits per heavy atom. The van der Waals surface area contributed by atoms with Gasteiger partial charge in [0.15, 0.2) is 0 Å². The maximum atomic E-state index is 10.4. The standard InChI is InChI=1S/C5H5N3O4/c1-3(9)12-5-4(8(10)11)2-6-7-5/h2H,1H3,(H,6,7). The van der Waals surface area contributed by atoms with Gasteiger partial charge in [0, 0.05) is 6.92 Å². The van der Waals surface area contributed by atoms with Crippen molar-refractivity contribution in [2.24, 2.45) is 0 Å². The van der Waals surface area contributed by atoms with Gasteiger partial charge >= 0.3 is 17.5 Å². The van der Waals surface area contributed by atoms with Crippen LogP contribution in [-0.4, -0.2) is 21.1 Å². The molecule has 0 radical (unpaired) electrons. The van der Waals surface area contributed by atoms with Crippen LogP contribution in [0.4, 0.5) is 5.69 Å². The summed E-state index contributed by atoms with van der Waals surface area (Å²) in [6.45, 7) is 1.14. The quantitative estimate of drug-likeness (QED) is 0.390. The molecule has 12 heavy (non-hydrogen) atoms. The summed E-state index contributed by atoms with van der Waals surface area (Å²) in [6, 6.07) is 0. The van der Waals surface area contributed by atoms with Gasteiger partial charge in [-0.15, -0.1) is 5.10 Å². The van der Waals surface area contributed by atoms with Crippen LogP contribution in [0.15, 0.2) is 6.20 Å². The molecule has 1 rings (SSSR count). The van der Waals surface area contributed by atoms with Gasteiger partial charge in [0.25, 0.3) is 0 Å². The predicted molar refractivity (Wildman–Crippen MR) is 36.6 cm³/mol. The first-order chi connectivity index (χ1) is 5.61. The second-order valence-corrected chi connectivity index (χ2v) is 1.93. The minimum absolute atomic E-state index is 0.312. The zero-order valence-corrected chi connectivity index (χ0v) is 6.10. The Kier molecular flexibility index (Phi) is 2.04. The Labute approximate surface area is 66.5 Å². The fourth-order valence-electron chi connectivity index (χ4n) is 0.613. The van der Waals surface area contributed by atoms with E-state index in [1.165, 1.54) is 0 Å². The molecule has 0 aromatic carbocycles. The van der Waals surface area contributed by atoms with Crippen LogP contribution in [0.1, 0.15) is 6.92 Å². The predicted octanol–water partition coefficient (Wildman–Crippen LogP) is 0.243. The van der Waals surface area contributed by atoms with Gasteiger partial charge in [0.05, 0.1) is 4.92 Å². The first-order valence-electron chi connectivity index (χ1n) is 2.98. The molecular formula is C5H5N3O4. The molecule has 1 aromatic heterocycles. The lowest BCUT2D eigenvalue weighted by molar-refractivity contribution is -0.385. The molecule has 1 N–H and O–H groups in total. The molecule has 7 nitrogen and oxygen atoms in total. The van der Waals surface area contributed by atoms with Crippen LogP contribution < -0.4 is 4.74 Å². The molecule has 0 atom stereocenters. The number of ether oxygens (including phenoxy) is 1. The summed E-state index contributed by atoms with van der Waals surface area (Å²) < 4.78 is 4.42. The molecule has 7 heteroatoms. The number of hydrogen-bond acceptors (Lipinski definition) is 5. The molecule has 0 spiro atoms. The smallest absolute Gasteiger partial charge is 0.350 e. The lowest BCUT2D eigenvalue weighted by Gasteiger charge is -1.92. The molecule has 0 saturated heterocycles. The third kappa shape index (κ3) is 1.57. The van der Waals surface area contributed by atoms with Gasteiger partial charge in [-0.2, -0.15) is 0 Å². The summed E-state index contributed by atoms with van der Waals surface area (Å²) in [7, 11) is 0. The zero-order chi connectivity index (χ0) is 9.14. The number of rotatable bonds is 2. The number of H-pyrrole nitrogens is 1. The van der Waals surface area contributed by atoms with E-state index >= 15 is 0 Å². The van der Waals surface area contributed by atoms with E-state index in [-0.39, 0.29) is 11.6 Å². The van der Waals surface area contributed by atoms with Crippen LogP contribution in [0.5, 0.6) is 5.88 Å². The van der Waals surface area contributed by atoms with Gasteiger partial charge in [-0.1, -0.05) is 0 Å². The van der Waals surface area contributed by atoms with Gasteiger partial charge in [-0.05, 0) is 0 Å². The van der Waals surface area contributed by atoms with Crippen LogP contribution in [-0.2, 0) is 4.79 Å². The van der Waals surface area contributed by atoms with Crippen molar-refractivity contribution >= 4 is 11.7 Å². The van der Waals surface area contributed by atoms with Crippen molar-refractivity contribution in [1.29, 1.82) is 0 Å². The van der Waals surface area contributed by atoms with Crippen molar-refractivity contribution in [3.8, 4) is 5.88 Å². The van der Waals surface area contributed by atoms with Gasteiger partial charge in [0.1, 0.15) is 6.20 Å². The number of carbonyl (C=O) groups excluding carboxylic acids is 1. The summed E-state index contributed by atoms with van der Waals surface area (Å²) >= 11 is 0. The molecule has 0 fully saturated rings. The molecule has 0 bridgehead atoms. The van der Waals surface area contributed by atoms with E-state index in [1.54, 1.807) is 0 Å². The number of nitrogens with zero attached hydrogens (tertiary/aromatic N) is 2. The second kappa shape index (κ2) is 2.99. The molecule has 0 saturated carbocycles. The number of nitrogens with one attached hydrogen (secondary N) is 1. The molecule has 0 aliphatic rings. The highest BCUT2D eigenvalue weighted by Gasteiger charge is 2.19. The van der Waals surface area contributed by atoms with Crippen molar-refractivity contribution in [3.05, 3.63) is 16.3 Å². The third-order valence-corrected chi connectivity index (χ3v) is 1.02. The van der Waals surface area contributed by atoms with Crippen molar-refractivity contribution in [2.75, 3.05) is 0 Å². The molecule has 0 unspecified atom stereocenters. The van der Waals surface area contributed by atoms with Crippen molar-refractivity contribution in [1.82, 2.24) is 10.2 Å². The van der Waals surface area contributed by atoms with Gasteiger partial charge in [-0.25, -0.2) is 0 Å². The van der Waals surface area contributed by atoms with Crippen molar-refractivity contribution < 1.29 is 14.5 Å². The molecule has 1 aromatic rings. The van der Waals surface area contributed by atoms with E-state index in [4.69, 9.17) is 0 Å². The maximum absolute atomic E-state index is 10.4. The molecule has 0 aliphatic heterocycles. The van der Waals surface area contributed by atoms with E-state index < -0.39 is 10.9 Å². The number of carbonyl (C=O) groups is 1. The number of aromatic amines is 1. The molecule has 0 aliphatic carbocycles. The Balaban J connectivity index is 2.91. The van der Waals surface area contributed by atoms with Crippen LogP contribution in [0.25, 0.3) is 0 Å². The van der Waals surface area contributed by atoms with E-state index in [1.807, 2.05) is 0 Å². The summed E-state index contributed by atoms with van der Waals surface area (Å²) in [6.07, 6.45) is 1.04. The normalized spacial score (nSPS) is 9.42. The first kappa shape index (κ1) is 8.18. The summed E-state index contributed by atoms with van der Waals surface area (Å²) in [5, 5.41) is 15.8. The largest absolute Gasteiger partial charge is 0.400 e. The highest BCUT2D eigenvalue weighted by atomic mass is 16.6. The Hall–Kier alpha value is -1.92. The van der Waals surface area contributed by atoms with E-state index in [0.29, 0.717) is 0 Å². The topological polar surface area (TPSA) is 98.1 Å². The highest BCUT2D eigenvalue weighted by Crippen LogP contribution is 2.22. The first-order valence-corrected chi connectivity index (χ1v) is 2.98. The summed E-state index contributed by atoms with van der Waals surface area (Å²) in [5.41, 5.74) is -0.356. The molecule has 64 valence electrons. The number of esters is 1. The third-order valence-electron chi connectivity index (χ3n) is 1.02. The molecule has 1 heterocycles. The fraction of sp³-hybridized carbons (Fsp3) is 0.200. The van der Waals surface area contributed by atoms with E-state index in [2.05, 4.69) is 14.9 Å². The zero-order valence-electron chi connectivity index (χ0n) is 6.10. The Morgan fingerprint density at radius 1 is 1.83 bits per heavy atom. The lowest BCUT2D eigenvalue weighted by Crippen LogP contribution is -2.03. The lowest BCUT2D eigenvalue weighted by atomic mass is 10.6.